The minimum absolute atomic E-state index is 1.12. The number of aromatic nitrogens is 1. The second-order valence-corrected chi connectivity index (χ2v) is 13.7. The highest BCUT2D eigenvalue weighted by Crippen LogP contribution is 2.41. The Morgan fingerprint density at radius 1 is 0.367 bits per heavy atom. The second kappa shape index (κ2) is 11.2. The van der Waals surface area contributed by atoms with Gasteiger partial charge < -0.3 is 9.47 Å². The van der Waals surface area contributed by atoms with Crippen molar-refractivity contribution in [1.29, 1.82) is 0 Å². The topological polar surface area (TPSA) is 8.17 Å². The van der Waals surface area contributed by atoms with E-state index in [1.165, 1.54) is 69.6 Å². The quantitative estimate of drug-likeness (QED) is 0.181. The number of thiophene rings is 1. The molecule has 0 atom stereocenters. The monoisotopic (exact) mass is 642 g/mol. The zero-order chi connectivity index (χ0) is 32.3. The molecule has 10 aromatic rings. The van der Waals surface area contributed by atoms with Gasteiger partial charge in [-0.05, 0) is 101 Å². The molecule has 10 rings (SSSR count). The van der Waals surface area contributed by atoms with Crippen LogP contribution in [0.2, 0.25) is 0 Å². The fraction of sp³-hybridized carbons (Fsp3) is 0. The molecule has 8 aromatic carbocycles. The average Bonchev–Trinajstić information content (AvgIpc) is 3.70. The molecule has 2 heterocycles. The number of rotatable bonds is 5. The van der Waals surface area contributed by atoms with Crippen molar-refractivity contribution in [2.75, 3.05) is 4.90 Å². The van der Waals surface area contributed by atoms with Crippen LogP contribution < -0.4 is 4.90 Å². The molecular formula is C46H30N2S. The van der Waals surface area contributed by atoms with Crippen molar-refractivity contribution in [3.05, 3.63) is 182 Å². The molecule has 0 aliphatic carbocycles. The summed E-state index contributed by atoms with van der Waals surface area (Å²) in [6, 6.07) is 66.2. The van der Waals surface area contributed by atoms with Crippen molar-refractivity contribution in [1.82, 2.24) is 4.57 Å². The zero-order valence-electron chi connectivity index (χ0n) is 26.6. The maximum Gasteiger partial charge on any atom is 0.0541 e. The summed E-state index contributed by atoms with van der Waals surface area (Å²) in [5.41, 5.74) is 9.38. The lowest BCUT2D eigenvalue weighted by Gasteiger charge is -2.26. The number of fused-ring (bicyclic) bond motifs is 7. The molecule has 3 heteroatoms. The van der Waals surface area contributed by atoms with Crippen molar-refractivity contribution in [3.63, 3.8) is 0 Å². The van der Waals surface area contributed by atoms with E-state index < -0.39 is 0 Å². The summed E-state index contributed by atoms with van der Waals surface area (Å²) in [5.74, 6) is 0. The number of para-hydroxylation sites is 2. The van der Waals surface area contributed by atoms with E-state index >= 15 is 0 Å². The predicted molar refractivity (Wildman–Crippen MR) is 211 cm³/mol. The van der Waals surface area contributed by atoms with Gasteiger partial charge in [-0.2, -0.15) is 0 Å². The summed E-state index contributed by atoms with van der Waals surface area (Å²) in [6.07, 6.45) is 0. The Labute approximate surface area is 288 Å². The lowest BCUT2D eigenvalue weighted by atomic mass is 10.0. The summed E-state index contributed by atoms with van der Waals surface area (Å²) in [7, 11) is 0. The molecule has 0 aliphatic heterocycles. The van der Waals surface area contributed by atoms with E-state index in [2.05, 4.69) is 191 Å². The van der Waals surface area contributed by atoms with Crippen molar-refractivity contribution in [2.24, 2.45) is 0 Å². The minimum atomic E-state index is 1.12. The van der Waals surface area contributed by atoms with E-state index in [9.17, 15) is 0 Å². The van der Waals surface area contributed by atoms with Gasteiger partial charge in [-0.3, -0.25) is 0 Å². The van der Waals surface area contributed by atoms with Gasteiger partial charge in [-0.1, -0.05) is 103 Å². The first kappa shape index (κ1) is 27.9. The van der Waals surface area contributed by atoms with Crippen LogP contribution in [0, 0.1) is 0 Å². The molecule has 2 nitrogen and oxygen atoms in total. The van der Waals surface area contributed by atoms with Gasteiger partial charge in [0.25, 0.3) is 0 Å². The van der Waals surface area contributed by atoms with E-state index in [4.69, 9.17) is 0 Å². The number of hydrogen-bond acceptors (Lipinski definition) is 2. The normalized spacial score (nSPS) is 11.7. The third kappa shape index (κ3) is 4.62. The Bertz CT molecular complexity index is 2840. The second-order valence-electron chi connectivity index (χ2n) is 12.6. The molecule has 0 saturated carbocycles. The van der Waals surface area contributed by atoms with Gasteiger partial charge in [-0.25, -0.2) is 0 Å². The lowest BCUT2D eigenvalue weighted by molar-refractivity contribution is 1.19. The number of hydrogen-bond donors (Lipinski definition) is 0. The van der Waals surface area contributed by atoms with Gasteiger partial charge in [0.15, 0.2) is 0 Å². The molecule has 0 spiro atoms. The Hall–Kier alpha value is -6.16. The van der Waals surface area contributed by atoms with Crippen molar-refractivity contribution < 1.29 is 0 Å². The van der Waals surface area contributed by atoms with E-state index in [0.717, 1.165) is 17.1 Å². The van der Waals surface area contributed by atoms with Crippen LogP contribution in [-0.4, -0.2) is 4.57 Å². The standard InChI is InChI=1S/C46H30N2S/c1-2-14-35(15-3-1)47(37-23-21-31-11-4-5-12-32(31)27-37)36-16-10-13-33(28-36)34-22-25-44-41(29-34)39-17-6-8-19-43(39)48(44)38-24-26-46-42(30-38)40-18-7-9-20-45(40)49-46/h1-30H. The number of nitrogens with zero attached hydrogens (tertiary/aromatic N) is 2. The Morgan fingerprint density at radius 2 is 1.06 bits per heavy atom. The Morgan fingerprint density at radius 3 is 1.98 bits per heavy atom. The van der Waals surface area contributed by atoms with Crippen LogP contribution >= 0.6 is 11.3 Å². The zero-order valence-corrected chi connectivity index (χ0v) is 27.4. The first-order valence-corrected chi connectivity index (χ1v) is 17.5. The highest BCUT2D eigenvalue weighted by Gasteiger charge is 2.17. The summed E-state index contributed by atoms with van der Waals surface area (Å²) in [6.45, 7) is 0. The van der Waals surface area contributed by atoms with Crippen LogP contribution in [0.15, 0.2) is 182 Å². The van der Waals surface area contributed by atoms with Crippen LogP contribution in [0.4, 0.5) is 17.1 Å². The molecule has 0 aliphatic rings. The molecule has 0 radical (unpaired) electrons. The minimum Gasteiger partial charge on any atom is -0.310 e. The molecule has 49 heavy (non-hydrogen) atoms. The smallest absolute Gasteiger partial charge is 0.0541 e. The first-order valence-electron chi connectivity index (χ1n) is 16.7. The van der Waals surface area contributed by atoms with E-state index in [1.807, 2.05) is 11.3 Å². The molecular weight excluding hydrogens is 613 g/mol. The summed E-state index contributed by atoms with van der Waals surface area (Å²) in [5, 5.41) is 7.61. The van der Waals surface area contributed by atoms with E-state index in [1.54, 1.807) is 0 Å². The number of anilines is 3. The Balaban J connectivity index is 1.12. The maximum atomic E-state index is 2.42. The molecule has 0 unspecified atom stereocenters. The lowest BCUT2D eigenvalue weighted by Crippen LogP contribution is -2.09. The third-order valence-corrected chi connectivity index (χ3v) is 10.9. The highest BCUT2D eigenvalue weighted by atomic mass is 32.1. The van der Waals surface area contributed by atoms with Crippen molar-refractivity contribution >= 4 is 81.1 Å². The van der Waals surface area contributed by atoms with Crippen LogP contribution in [0.25, 0.3) is 69.6 Å². The highest BCUT2D eigenvalue weighted by molar-refractivity contribution is 7.25. The van der Waals surface area contributed by atoms with Gasteiger partial charge in [0, 0.05) is 53.7 Å². The van der Waals surface area contributed by atoms with Gasteiger partial charge in [0.2, 0.25) is 0 Å². The van der Waals surface area contributed by atoms with Gasteiger partial charge >= 0.3 is 0 Å². The largest absolute Gasteiger partial charge is 0.310 e. The summed E-state index contributed by atoms with van der Waals surface area (Å²) < 4.78 is 5.07. The average molecular weight is 643 g/mol. The van der Waals surface area contributed by atoms with Gasteiger partial charge in [0.1, 0.15) is 0 Å². The van der Waals surface area contributed by atoms with Crippen LogP contribution in [0.5, 0.6) is 0 Å². The fourth-order valence-corrected chi connectivity index (χ4v) is 8.53. The van der Waals surface area contributed by atoms with E-state index in [-0.39, 0.29) is 0 Å². The van der Waals surface area contributed by atoms with Crippen LogP contribution in [0.1, 0.15) is 0 Å². The molecule has 0 fully saturated rings. The first-order chi connectivity index (χ1) is 24.3. The number of benzene rings is 8. The summed E-state index contributed by atoms with van der Waals surface area (Å²) in [4.78, 5) is 2.35. The van der Waals surface area contributed by atoms with Crippen LogP contribution in [-0.2, 0) is 0 Å². The Kier molecular flexibility index (Phi) is 6.39. The SMILES string of the molecule is c1ccc(N(c2cccc(-c3ccc4c(c3)c3ccccc3n4-c3ccc4sc5ccccc5c4c3)c2)c2ccc3ccccc3c2)cc1. The molecule has 0 bridgehead atoms. The molecule has 0 amide bonds. The summed E-state index contributed by atoms with van der Waals surface area (Å²) >= 11 is 1.86. The maximum absolute atomic E-state index is 2.42. The van der Waals surface area contributed by atoms with Crippen LogP contribution in [0.3, 0.4) is 0 Å². The van der Waals surface area contributed by atoms with Gasteiger partial charge in [-0.15, -0.1) is 11.3 Å². The third-order valence-electron chi connectivity index (χ3n) is 9.73. The molecule has 230 valence electrons. The van der Waals surface area contributed by atoms with E-state index in [0.29, 0.717) is 0 Å². The van der Waals surface area contributed by atoms with Crippen molar-refractivity contribution in [3.8, 4) is 16.8 Å². The van der Waals surface area contributed by atoms with Crippen molar-refractivity contribution in [2.45, 2.75) is 0 Å². The molecule has 2 aromatic heterocycles. The molecule has 0 saturated heterocycles. The molecule has 0 N–H and O–H groups in total. The fourth-order valence-electron chi connectivity index (χ4n) is 7.45. The predicted octanol–water partition coefficient (Wildman–Crippen LogP) is 13.4. The van der Waals surface area contributed by atoms with Gasteiger partial charge in [0.05, 0.1) is 11.0 Å².